The van der Waals surface area contributed by atoms with Gasteiger partial charge in [-0.3, -0.25) is 4.79 Å². The molecule has 7 heteroatoms. The fourth-order valence-electron chi connectivity index (χ4n) is 3.16. The number of thiazole rings is 1. The van der Waals surface area contributed by atoms with Crippen LogP contribution in [-0.2, 0) is 4.79 Å². The van der Waals surface area contributed by atoms with Gasteiger partial charge in [0.25, 0.3) is 0 Å². The molecule has 0 spiro atoms. The fourth-order valence-corrected chi connectivity index (χ4v) is 4.16. The molecular formula is C22H17ClN2O3S. The van der Waals surface area contributed by atoms with Crippen molar-refractivity contribution in [2.24, 2.45) is 0 Å². The molecule has 0 bridgehead atoms. The summed E-state index contributed by atoms with van der Waals surface area (Å²) in [4.78, 5) is 17.6. The fraction of sp³-hybridized carbons (Fsp3) is 0.227. The van der Waals surface area contributed by atoms with Crippen molar-refractivity contribution in [2.75, 3.05) is 13.2 Å². The summed E-state index contributed by atoms with van der Waals surface area (Å²) in [6.07, 6.45) is 0. The first-order chi connectivity index (χ1) is 14.1. The number of nitriles is 1. The molecule has 2 heterocycles. The number of fused-ring (bicyclic) bond motifs is 1. The van der Waals surface area contributed by atoms with Crippen molar-refractivity contribution >= 4 is 28.7 Å². The average molecular weight is 425 g/mol. The van der Waals surface area contributed by atoms with Crippen molar-refractivity contribution in [3.8, 4) is 28.8 Å². The number of rotatable bonds is 5. The van der Waals surface area contributed by atoms with Gasteiger partial charge in [-0.25, -0.2) is 4.98 Å². The maximum Gasteiger partial charge on any atom is 0.164 e. The van der Waals surface area contributed by atoms with Crippen molar-refractivity contribution in [1.29, 1.82) is 5.26 Å². The molecule has 4 rings (SSSR count). The van der Waals surface area contributed by atoms with Crippen LogP contribution in [0.25, 0.3) is 11.3 Å². The topological polar surface area (TPSA) is 72.2 Å². The molecule has 5 nitrogen and oxygen atoms in total. The second kappa shape index (κ2) is 8.24. The zero-order valence-electron chi connectivity index (χ0n) is 15.6. The molecule has 0 radical (unpaired) electrons. The van der Waals surface area contributed by atoms with Gasteiger partial charge in [0.05, 0.1) is 11.8 Å². The summed E-state index contributed by atoms with van der Waals surface area (Å²) in [6, 6.07) is 14.9. The van der Waals surface area contributed by atoms with Crippen molar-refractivity contribution in [3.63, 3.8) is 0 Å². The molecule has 2 unspecified atom stereocenters. The molecule has 3 aromatic rings. The summed E-state index contributed by atoms with van der Waals surface area (Å²) in [7, 11) is 0. The summed E-state index contributed by atoms with van der Waals surface area (Å²) < 4.78 is 11.1. The number of ether oxygens (including phenoxy) is 2. The number of carbonyl (C=O) groups is 1. The van der Waals surface area contributed by atoms with Crippen LogP contribution in [0, 0.1) is 11.3 Å². The minimum Gasteiger partial charge on any atom is -0.486 e. The lowest BCUT2D eigenvalue weighted by Crippen LogP contribution is -2.19. The largest absolute Gasteiger partial charge is 0.486 e. The van der Waals surface area contributed by atoms with Crippen LogP contribution in [0.2, 0.25) is 5.02 Å². The van der Waals surface area contributed by atoms with Crippen molar-refractivity contribution < 1.29 is 14.3 Å². The summed E-state index contributed by atoms with van der Waals surface area (Å²) in [5, 5.41) is 12.7. The number of carbonyl (C=O) groups excluding carboxylic acids is 1. The van der Waals surface area contributed by atoms with E-state index in [0.29, 0.717) is 34.7 Å². The van der Waals surface area contributed by atoms with Crippen LogP contribution < -0.4 is 9.47 Å². The molecule has 146 valence electrons. The Bertz CT molecular complexity index is 1090. The Morgan fingerprint density at radius 2 is 1.90 bits per heavy atom. The van der Waals surface area contributed by atoms with E-state index in [1.54, 1.807) is 25.1 Å². The second-order valence-corrected chi connectivity index (χ2v) is 7.99. The average Bonchev–Trinajstić information content (AvgIpc) is 3.23. The van der Waals surface area contributed by atoms with Crippen LogP contribution in [0.15, 0.2) is 47.8 Å². The lowest BCUT2D eigenvalue weighted by molar-refractivity contribution is -0.120. The summed E-state index contributed by atoms with van der Waals surface area (Å²) in [6.45, 7) is 2.79. The van der Waals surface area contributed by atoms with Crippen LogP contribution in [0.1, 0.15) is 29.3 Å². The Hall–Kier alpha value is -2.88. The number of halogens is 1. The highest BCUT2D eigenvalue weighted by Crippen LogP contribution is 2.36. The van der Waals surface area contributed by atoms with E-state index in [1.807, 2.05) is 29.6 Å². The number of aromatic nitrogens is 1. The monoisotopic (exact) mass is 424 g/mol. The summed E-state index contributed by atoms with van der Waals surface area (Å²) in [5.41, 5.74) is 2.40. The predicted octanol–water partition coefficient (Wildman–Crippen LogP) is 5.21. The van der Waals surface area contributed by atoms with Crippen molar-refractivity contribution in [3.05, 3.63) is 63.4 Å². The Morgan fingerprint density at radius 3 is 2.62 bits per heavy atom. The Morgan fingerprint density at radius 1 is 1.17 bits per heavy atom. The number of hydrogen-bond donors (Lipinski definition) is 0. The first kappa shape index (κ1) is 19.4. The van der Waals surface area contributed by atoms with E-state index in [-0.39, 0.29) is 5.78 Å². The highest BCUT2D eigenvalue weighted by molar-refractivity contribution is 7.10. The van der Waals surface area contributed by atoms with Gasteiger partial charge in [0.1, 0.15) is 18.2 Å². The van der Waals surface area contributed by atoms with Crippen molar-refractivity contribution in [2.45, 2.75) is 18.8 Å². The normalized spacial score (nSPS) is 14.7. The number of nitrogens with zero attached hydrogens (tertiary/aromatic N) is 2. The van der Waals surface area contributed by atoms with Gasteiger partial charge in [0, 0.05) is 21.9 Å². The molecule has 0 saturated heterocycles. The van der Waals surface area contributed by atoms with Crippen LogP contribution in [0.4, 0.5) is 0 Å². The Labute approximate surface area is 177 Å². The first-order valence-corrected chi connectivity index (χ1v) is 10.4. The maximum absolute atomic E-state index is 13.1. The molecule has 0 N–H and O–H groups in total. The van der Waals surface area contributed by atoms with Gasteiger partial charge in [0.15, 0.2) is 23.2 Å². The Kier molecular flexibility index (Phi) is 5.52. The van der Waals surface area contributed by atoms with Gasteiger partial charge < -0.3 is 9.47 Å². The Balaban J connectivity index is 1.57. The number of ketones is 1. The number of benzene rings is 2. The third-order valence-corrected chi connectivity index (χ3v) is 5.98. The van der Waals surface area contributed by atoms with Crippen LogP contribution in [0.3, 0.4) is 0 Å². The third kappa shape index (κ3) is 3.98. The zero-order chi connectivity index (χ0) is 20.4. The van der Waals surface area contributed by atoms with E-state index < -0.39 is 11.8 Å². The summed E-state index contributed by atoms with van der Waals surface area (Å²) in [5.74, 6) is -0.297. The van der Waals surface area contributed by atoms with Gasteiger partial charge >= 0.3 is 0 Å². The SMILES string of the molecule is CC(C(=O)C(C#N)c1nc(-c2ccc(Cl)cc2)cs1)c1ccc2c(c1)OCCO2. The first-order valence-electron chi connectivity index (χ1n) is 9.11. The minimum absolute atomic E-state index is 0.193. The van der Waals surface area contributed by atoms with Crippen LogP contribution >= 0.6 is 22.9 Å². The lowest BCUT2D eigenvalue weighted by Gasteiger charge is -2.20. The number of hydrogen-bond acceptors (Lipinski definition) is 6. The molecule has 0 aliphatic carbocycles. The van der Waals surface area contributed by atoms with E-state index in [0.717, 1.165) is 16.8 Å². The smallest absolute Gasteiger partial charge is 0.164 e. The van der Waals surface area contributed by atoms with Crippen LogP contribution in [0.5, 0.6) is 11.5 Å². The van der Waals surface area contributed by atoms with E-state index >= 15 is 0 Å². The molecule has 0 saturated carbocycles. The van der Waals surface area contributed by atoms with Gasteiger partial charge in [0.2, 0.25) is 0 Å². The van der Waals surface area contributed by atoms with E-state index in [2.05, 4.69) is 11.1 Å². The summed E-state index contributed by atoms with van der Waals surface area (Å²) >= 11 is 7.25. The minimum atomic E-state index is -0.927. The molecular weight excluding hydrogens is 408 g/mol. The van der Waals surface area contributed by atoms with E-state index in [1.165, 1.54) is 11.3 Å². The second-order valence-electron chi connectivity index (χ2n) is 6.67. The molecule has 29 heavy (non-hydrogen) atoms. The molecule has 0 fully saturated rings. The quantitative estimate of drug-likeness (QED) is 0.561. The zero-order valence-corrected chi connectivity index (χ0v) is 17.2. The molecule has 1 aromatic heterocycles. The molecule has 1 aliphatic rings. The van der Waals surface area contributed by atoms with Gasteiger partial charge in [-0.1, -0.05) is 36.7 Å². The molecule has 0 amide bonds. The molecule has 2 aromatic carbocycles. The predicted molar refractivity (Wildman–Crippen MR) is 112 cm³/mol. The van der Waals surface area contributed by atoms with E-state index in [4.69, 9.17) is 21.1 Å². The third-order valence-electron chi connectivity index (χ3n) is 4.82. The van der Waals surface area contributed by atoms with Gasteiger partial charge in [-0.2, -0.15) is 5.26 Å². The molecule has 1 aliphatic heterocycles. The van der Waals surface area contributed by atoms with Crippen LogP contribution in [-0.4, -0.2) is 24.0 Å². The number of Topliss-reactive ketones (excluding diaryl/α,β-unsaturated/α-hetero) is 1. The molecule has 2 atom stereocenters. The standard InChI is InChI=1S/C22H17ClN2O3S/c1-13(15-4-7-19-20(10-15)28-9-8-27-19)21(26)17(11-24)22-25-18(12-29-22)14-2-5-16(23)6-3-14/h2-7,10,12-13,17H,8-9H2,1H3. The van der Waals surface area contributed by atoms with Gasteiger partial charge in [-0.15, -0.1) is 11.3 Å². The van der Waals surface area contributed by atoms with Gasteiger partial charge in [-0.05, 0) is 29.8 Å². The lowest BCUT2D eigenvalue weighted by atomic mass is 9.89. The highest BCUT2D eigenvalue weighted by atomic mass is 35.5. The van der Waals surface area contributed by atoms with Crippen molar-refractivity contribution in [1.82, 2.24) is 4.98 Å². The highest BCUT2D eigenvalue weighted by Gasteiger charge is 2.30. The van der Waals surface area contributed by atoms with E-state index in [9.17, 15) is 10.1 Å². The maximum atomic E-state index is 13.1.